The van der Waals surface area contributed by atoms with Gasteiger partial charge in [-0.3, -0.25) is 10.1 Å². The van der Waals surface area contributed by atoms with Crippen molar-refractivity contribution in [2.75, 3.05) is 19.1 Å². The summed E-state index contributed by atoms with van der Waals surface area (Å²) < 4.78 is 4.72. The molecule has 0 N–H and O–H groups in total. The summed E-state index contributed by atoms with van der Waals surface area (Å²) in [5.74, 6) is -0.438. The molecule has 19 heavy (non-hydrogen) atoms. The molecule has 1 aromatic rings. The van der Waals surface area contributed by atoms with Gasteiger partial charge in [0.1, 0.15) is 11.7 Å². The van der Waals surface area contributed by atoms with Crippen molar-refractivity contribution in [1.82, 2.24) is 9.97 Å². The van der Waals surface area contributed by atoms with Gasteiger partial charge in [-0.25, -0.2) is 9.78 Å². The molecule has 8 nitrogen and oxygen atoms in total. The third kappa shape index (κ3) is 2.19. The molecule has 1 aromatic heterocycles. The highest BCUT2D eigenvalue weighted by Crippen LogP contribution is 2.45. The lowest BCUT2D eigenvalue weighted by molar-refractivity contribution is -0.384. The second kappa shape index (κ2) is 4.61. The Hall–Kier alpha value is -1.96. The number of ether oxygens (including phenoxy) is 1. The van der Waals surface area contributed by atoms with Crippen molar-refractivity contribution in [3.05, 3.63) is 21.6 Å². The number of carbonyl (C=O) groups excluding carboxylic acids is 1. The van der Waals surface area contributed by atoms with Crippen molar-refractivity contribution >= 4 is 29.1 Å². The number of halogens is 1. The van der Waals surface area contributed by atoms with Crippen LogP contribution < -0.4 is 4.90 Å². The summed E-state index contributed by atoms with van der Waals surface area (Å²) in [4.78, 5) is 31.0. The van der Waals surface area contributed by atoms with E-state index in [-0.39, 0.29) is 16.8 Å². The first-order valence-electron chi connectivity index (χ1n) is 5.41. The molecule has 2 rings (SSSR count). The smallest absolute Gasteiger partial charge is 0.331 e. The highest BCUT2D eigenvalue weighted by molar-refractivity contribution is 6.28. The minimum atomic E-state index is -0.892. The quantitative estimate of drug-likeness (QED) is 0.355. The van der Waals surface area contributed by atoms with Gasteiger partial charge in [0.2, 0.25) is 11.1 Å². The molecule has 0 saturated heterocycles. The summed E-state index contributed by atoms with van der Waals surface area (Å²) in [7, 11) is 2.83. The first kappa shape index (κ1) is 13.5. The minimum Gasteiger partial charge on any atom is -0.467 e. The lowest BCUT2D eigenvalue weighted by Crippen LogP contribution is -2.42. The molecule has 1 aliphatic carbocycles. The first-order valence-corrected chi connectivity index (χ1v) is 5.79. The number of hydrogen-bond acceptors (Lipinski definition) is 7. The van der Waals surface area contributed by atoms with Crippen LogP contribution in [0.2, 0.25) is 5.28 Å². The minimum absolute atomic E-state index is 0.00731. The largest absolute Gasteiger partial charge is 0.467 e. The zero-order valence-electron chi connectivity index (χ0n) is 10.3. The van der Waals surface area contributed by atoms with Gasteiger partial charge < -0.3 is 9.64 Å². The fourth-order valence-electron chi connectivity index (χ4n) is 1.91. The summed E-state index contributed by atoms with van der Waals surface area (Å²) in [5, 5.41) is 10.8. The van der Waals surface area contributed by atoms with E-state index in [4.69, 9.17) is 16.3 Å². The van der Waals surface area contributed by atoms with Crippen LogP contribution in [0.15, 0.2) is 6.20 Å². The Kier molecular flexibility index (Phi) is 3.27. The van der Waals surface area contributed by atoms with E-state index in [1.807, 2.05) is 0 Å². The van der Waals surface area contributed by atoms with Gasteiger partial charge in [0.15, 0.2) is 0 Å². The molecule has 1 aliphatic rings. The van der Waals surface area contributed by atoms with Crippen molar-refractivity contribution in [2.24, 2.45) is 0 Å². The van der Waals surface area contributed by atoms with E-state index < -0.39 is 16.4 Å². The standard InChI is InChI=1S/C10H11ClN4O4/c1-14(10(3-4-10)8(16)19-2)7-6(15(17)18)5-12-9(11)13-7/h5H,3-4H2,1-2H3. The Balaban J connectivity index is 2.44. The molecule has 0 bridgehead atoms. The van der Waals surface area contributed by atoms with Crippen molar-refractivity contribution in [2.45, 2.75) is 18.4 Å². The predicted octanol–water partition coefficient (Wildman–Crippen LogP) is 1.18. The van der Waals surface area contributed by atoms with E-state index >= 15 is 0 Å². The number of aromatic nitrogens is 2. The van der Waals surface area contributed by atoms with Crippen molar-refractivity contribution in [1.29, 1.82) is 0 Å². The molecule has 0 atom stereocenters. The van der Waals surface area contributed by atoms with E-state index in [2.05, 4.69) is 9.97 Å². The molecule has 0 amide bonds. The Morgan fingerprint density at radius 3 is 2.74 bits per heavy atom. The van der Waals surface area contributed by atoms with E-state index in [0.29, 0.717) is 12.8 Å². The Morgan fingerprint density at radius 1 is 1.63 bits per heavy atom. The lowest BCUT2D eigenvalue weighted by atomic mass is 10.2. The van der Waals surface area contributed by atoms with Crippen LogP contribution in [0.4, 0.5) is 11.5 Å². The molecule has 9 heteroatoms. The molecule has 0 unspecified atom stereocenters. The van der Waals surface area contributed by atoms with Crippen LogP contribution in [0.5, 0.6) is 0 Å². The van der Waals surface area contributed by atoms with Crippen molar-refractivity contribution < 1.29 is 14.5 Å². The highest BCUT2D eigenvalue weighted by atomic mass is 35.5. The van der Waals surface area contributed by atoms with Crippen LogP contribution in [0.25, 0.3) is 0 Å². The average Bonchev–Trinajstić information content (AvgIpc) is 3.18. The normalized spacial score (nSPS) is 15.7. The fraction of sp³-hybridized carbons (Fsp3) is 0.500. The SMILES string of the molecule is COC(=O)C1(N(C)c2nc(Cl)ncc2[N+](=O)[O-])CC1. The molecule has 1 fully saturated rings. The van der Waals surface area contributed by atoms with Crippen LogP contribution in [0.1, 0.15) is 12.8 Å². The van der Waals surface area contributed by atoms with Gasteiger partial charge in [-0.1, -0.05) is 0 Å². The average molecular weight is 287 g/mol. The van der Waals surface area contributed by atoms with Crippen LogP contribution in [0, 0.1) is 10.1 Å². The van der Waals surface area contributed by atoms with Gasteiger partial charge in [-0.15, -0.1) is 0 Å². The third-order valence-corrected chi connectivity index (χ3v) is 3.35. The van der Waals surface area contributed by atoms with E-state index in [1.54, 1.807) is 7.05 Å². The van der Waals surface area contributed by atoms with Crippen LogP contribution >= 0.6 is 11.6 Å². The third-order valence-electron chi connectivity index (χ3n) is 3.17. The molecule has 0 aliphatic heterocycles. The topological polar surface area (TPSA) is 98.5 Å². The summed E-state index contributed by atoms with van der Waals surface area (Å²) in [6.07, 6.45) is 2.12. The maximum Gasteiger partial charge on any atom is 0.331 e. The number of hydrogen-bond donors (Lipinski definition) is 0. The fourth-order valence-corrected chi connectivity index (χ4v) is 2.04. The summed E-state index contributed by atoms with van der Waals surface area (Å²) in [6.45, 7) is 0. The predicted molar refractivity (Wildman–Crippen MR) is 66.1 cm³/mol. The molecular weight excluding hydrogens is 276 g/mol. The second-order valence-electron chi connectivity index (χ2n) is 4.19. The lowest BCUT2D eigenvalue weighted by Gasteiger charge is -2.26. The van der Waals surface area contributed by atoms with Crippen LogP contribution in [-0.4, -0.2) is 40.6 Å². The van der Waals surface area contributed by atoms with Gasteiger partial charge in [-0.2, -0.15) is 4.98 Å². The monoisotopic (exact) mass is 286 g/mol. The Bertz CT molecular complexity index is 546. The van der Waals surface area contributed by atoms with Gasteiger partial charge in [-0.05, 0) is 24.4 Å². The summed E-state index contributed by atoms with van der Waals surface area (Å²) in [5.41, 5.74) is -1.20. The maximum atomic E-state index is 11.8. The summed E-state index contributed by atoms with van der Waals surface area (Å²) >= 11 is 5.66. The molecular formula is C10H11ClN4O4. The van der Waals surface area contributed by atoms with E-state index in [0.717, 1.165) is 6.20 Å². The number of methoxy groups -OCH3 is 1. The number of likely N-dealkylation sites (N-methyl/N-ethyl adjacent to an activating group) is 1. The Labute approximate surface area is 113 Å². The Morgan fingerprint density at radius 2 is 2.26 bits per heavy atom. The molecule has 102 valence electrons. The number of nitrogens with zero attached hydrogens (tertiary/aromatic N) is 4. The zero-order valence-corrected chi connectivity index (χ0v) is 11.0. The number of nitro groups is 1. The molecule has 0 spiro atoms. The molecule has 1 saturated carbocycles. The number of esters is 1. The second-order valence-corrected chi connectivity index (χ2v) is 4.53. The van der Waals surface area contributed by atoms with Gasteiger partial charge in [0.25, 0.3) is 0 Å². The highest BCUT2D eigenvalue weighted by Gasteiger charge is 2.56. The van der Waals surface area contributed by atoms with E-state index in [1.165, 1.54) is 12.0 Å². The van der Waals surface area contributed by atoms with Gasteiger partial charge in [0.05, 0.1) is 12.0 Å². The zero-order chi connectivity index (χ0) is 14.2. The van der Waals surface area contributed by atoms with Crippen LogP contribution in [0.3, 0.4) is 0 Å². The summed E-state index contributed by atoms with van der Waals surface area (Å²) in [6, 6.07) is 0. The van der Waals surface area contributed by atoms with Gasteiger partial charge >= 0.3 is 11.7 Å². The van der Waals surface area contributed by atoms with Crippen molar-refractivity contribution in [3.63, 3.8) is 0 Å². The maximum absolute atomic E-state index is 11.8. The number of rotatable bonds is 4. The molecule has 0 aromatic carbocycles. The number of carbonyl (C=O) groups is 1. The molecule has 0 radical (unpaired) electrons. The van der Waals surface area contributed by atoms with Crippen LogP contribution in [-0.2, 0) is 9.53 Å². The molecule has 1 heterocycles. The van der Waals surface area contributed by atoms with Gasteiger partial charge in [0, 0.05) is 7.05 Å². The number of anilines is 1. The first-order chi connectivity index (χ1) is 8.92. The van der Waals surface area contributed by atoms with E-state index in [9.17, 15) is 14.9 Å². The van der Waals surface area contributed by atoms with Crippen molar-refractivity contribution in [3.8, 4) is 0 Å².